The van der Waals surface area contributed by atoms with Crippen LogP contribution in [-0.2, 0) is 5.54 Å². The summed E-state index contributed by atoms with van der Waals surface area (Å²) in [5.41, 5.74) is 0.716. The average Bonchev–Trinajstić information content (AvgIpc) is 2.26. The van der Waals surface area contributed by atoms with E-state index in [0.29, 0.717) is 17.0 Å². The molecule has 2 aromatic rings. The van der Waals surface area contributed by atoms with Crippen molar-refractivity contribution in [2.75, 3.05) is 7.11 Å². The molecule has 0 aliphatic carbocycles. The summed E-state index contributed by atoms with van der Waals surface area (Å²) in [7, 11) is 1.55. The summed E-state index contributed by atoms with van der Waals surface area (Å²) < 4.78 is 6.70. The third-order valence-corrected chi connectivity index (χ3v) is 2.46. The molecule has 2 rings (SSSR count). The maximum absolute atomic E-state index is 11.9. The lowest BCUT2D eigenvalue weighted by Gasteiger charge is -2.23. The molecular formula is C12H15N3O2. The largest absolute Gasteiger partial charge is 0.481 e. The Kier molecular flexibility index (Phi) is 2.61. The van der Waals surface area contributed by atoms with Gasteiger partial charge >= 0.3 is 0 Å². The summed E-state index contributed by atoms with van der Waals surface area (Å²) in [6, 6.07) is 3.52. The summed E-state index contributed by atoms with van der Waals surface area (Å²) in [6.45, 7) is 5.86. The van der Waals surface area contributed by atoms with Gasteiger partial charge in [-0.15, -0.1) is 0 Å². The number of nitrogens with zero attached hydrogens (tertiary/aromatic N) is 3. The van der Waals surface area contributed by atoms with Gasteiger partial charge in [-0.3, -0.25) is 9.36 Å². The molecule has 5 heteroatoms. The molecule has 17 heavy (non-hydrogen) atoms. The lowest BCUT2D eigenvalue weighted by molar-refractivity contribution is 0.383. The highest BCUT2D eigenvalue weighted by Gasteiger charge is 2.19. The minimum absolute atomic E-state index is 0.161. The molecule has 2 heterocycles. The van der Waals surface area contributed by atoms with Gasteiger partial charge in [-0.05, 0) is 26.8 Å². The van der Waals surface area contributed by atoms with Crippen LogP contribution in [0.4, 0.5) is 0 Å². The van der Waals surface area contributed by atoms with Gasteiger partial charge in [0.15, 0.2) is 5.65 Å². The number of fused-ring (bicyclic) bond motifs is 1. The number of pyridine rings is 1. The lowest BCUT2D eigenvalue weighted by Crippen LogP contribution is -2.34. The van der Waals surface area contributed by atoms with Crippen molar-refractivity contribution in [3.05, 3.63) is 28.7 Å². The van der Waals surface area contributed by atoms with Crippen molar-refractivity contribution in [2.24, 2.45) is 0 Å². The molecule has 0 unspecified atom stereocenters. The summed E-state index contributed by atoms with van der Waals surface area (Å²) in [4.78, 5) is 20.3. The molecular weight excluding hydrogens is 218 g/mol. The van der Waals surface area contributed by atoms with E-state index in [1.165, 1.54) is 6.20 Å². The molecule has 0 saturated carbocycles. The third-order valence-electron chi connectivity index (χ3n) is 2.46. The predicted molar refractivity (Wildman–Crippen MR) is 65.3 cm³/mol. The van der Waals surface area contributed by atoms with Gasteiger partial charge in [0.1, 0.15) is 5.52 Å². The second-order valence-electron chi connectivity index (χ2n) is 4.80. The Morgan fingerprint density at radius 1 is 1.29 bits per heavy atom. The van der Waals surface area contributed by atoms with E-state index in [2.05, 4.69) is 9.97 Å². The third kappa shape index (κ3) is 2.00. The van der Waals surface area contributed by atoms with Crippen molar-refractivity contribution in [3.8, 4) is 5.88 Å². The van der Waals surface area contributed by atoms with Gasteiger partial charge in [-0.1, -0.05) is 0 Å². The van der Waals surface area contributed by atoms with Crippen LogP contribution in [0, 0.1) is 0 Å². The lowest BCUT2D eigenvalue weighted by atomic mass is 10.1. The van der Waals surface area contributed by atoms with E-state index in [9.17, 15) is 4.79 Å². The van der Waals surface area contributed by atoms with Gasteiger partial charge in [-0.25, -0.2) is 4.98 Å². The first-order valence-electron chi connectivity index (χ1n) is 5.37. The normalized spacial score (nSPS) is 11.8. The number of methoxy groups -OCH3 is 1. The Hall–Kier alpha value is -1.91. The SMILES string of the molecule is COc1ccc2ncc(=O)n(C(C)(C)C)c2n1. The van der Waals surface area contributed by atoms with Crippen LogP contribution in [-0.4, -0.2) is 21.6 Å². The van der Waals surface area contributed by atoms with Crippen molar-refractivity contribution in [3.63, 3.8) is 0 Å². The molecule has 0 aliphatic rings. The molecule has 5 nitrogen and oxygen atoms in total. The summed E-state index contributed by atoms with van der Waals surface area (Å²) in [5.74, 6) is 0.475. The Balaban J connectivity index is 2.88. The van der Waals surface area contributed by atoms with Crippen molar-refractivity contribution >= 4 is 11.2 Å². The molecule has 0 spiro atoms. The molecule has 0 atom stereocenters. The zero-order valence-electron chi connectivity index (χ0n) is 10.4. The molecule has 2 aromatic heterocycles. The Morgan fingerprint density at radius 2 is 2.00 bits per heavy atom. The van der Waals surface area contributed by atoms with Crippen molar-refractivity contribution in [1.29, 1.82) is 0 Å². The molecule has 0 fully saturated rings. The van der Waals surface area contributed by atoms with Crippen LogP contribution in [0.25, 0.3) is 11.2 Å². The molecule has 0 aliphatic heterocycles. The van der Waals surface area contributed by atoms with Gasteiger partial charge in [0.25, 0.3) is 5.56 Å². The first-order valence-corrected chi connectivity index (χ1v) is 5.37. The number of rotatable bonds is 1. The number of aromatic nitrogens is 3. The van der Waals surface area contributed by atoms with E-state index < -0.39 is 0 Å². The van der Waals surface area contributed by atoms with Crippen LogP contribution < -0.4 is 10.3 Å². The summed E-state index contributed by atoms with van der Waals surface area (Å²) in [5, 5.41) is 0. The topological polar surface area (TPSA) is 57.0 Å². The minimum Gasteiger partial charge on any atom is -0.481 e. The van der Waals surface area contributed by atoms with Crippen LogP contribution in [0.2, 0.25) is 0 Å². The Bertz CT molecular complexity index is 611. The van der Waals surface area contributed by atoms with E-state index in [4.69, 9.17) is 4.74 Å². The van der Waals surface area contributed by atoms with Crippen LogP contribution >= 0.6 is 0 Å². The first-order chi connectivity index (χ1) is 7.93. The van der Waals surface area contributed by atoms with E-state index in [1.54, 1.807) is 23.8 Å². The average molecular weight is 233 g/mol. The summed E-state index contributed by atoms with van der Waals surface area (Å²) >= 11 is 0. The van der Waals surface area contributed by atoms with Crippen molar-refractivity contribution in [1.82, 2.24) is 14.5 Å². The quantitative estimate of drug-likeness (QED) is 0.750. The molecule has 90 valence electrons. The van der Waals surface area contributed by atoms with Crippen molar-refractivity contribution < 1.29 is 4.74 Å². The van der Waals surface area contributed by atoms with E-state index in [-0.39, 0.29) is 11.1 Å². The van der Waals surface area contributed by atoms with E-state index in [1.807, 2.05) is 20.8 Å². The zero-order valence-corrected chi connectivity index (χ0v) is 10.4. The second-order valence-corrected chi connectivity index (χ2v) is 4.80. The number of ether oxygens (including phenoxy) is 1. The molecule has 0 amide bonds. The van der Waals surface area contributed by atoms with E-state index in [0.717, 1.165) is 0 Å². The minimum atomic E-state index is -0.350. The molecule has 0 aromatic carbocycles. The fraction of sp³-hybridized carbons (Fsp3) is 0.417. The highest BCUT2D eigenvalue weighted by Crippen LogP contribution is 2.19. The Labute approximate surface area is 99.1 Å². The van der Waals surface area contributed by atoms with Crippen LogP contribution in [0.1, 0.15) is 20.8 Å². The fourth-order valence-corrected chi connectivity index (χ4v) is 1.74. The molecule has 0 saturated heterocycles. The van der Waals surface area contributed by atoms with Gasteiger partial charge in [0.2, 0.25) is 5.88 Å². The highest BCUT2D eigenvalue weighted by atomic mass is 16.5. The van der Waals surface area contributed by atoms with Gasteiger partial charge in [0, 0.05) is 11.6 Å². The maximum atomic E-state index is 11.9. The first kappa shape index (κ1) is 11.6. The monoisotopic (exact) mass is 233 g/mol. The van der Waals surface area contributed by atoms with Gasteiger partial charge in [0.05, 0.1) is 13.3 Å². The van der Waals surface area contributed by atoms with Gasteiger partial charge < -0.3 is 4.74 Å². The fourth-order valence-electron chi connectivity index (χ4n) is 1.74. The predicted octanol–water partition coefficient (Wildman–Crippen LogP) is 1.56. The summed E-state index contributed by atoms with van der Waals surface area (Å²) in [6.07, 6.45) is 1.32. The smallest absolute Gasteiger partial charge is 0.271 e. The maximum Gasteiger partial charge on any atom is 0.271 e. The molecule has 0 radical (unpaired) electrons. The van der Waals surface area contributed by atoms with Gasteiger partial charge in [-0.2, -0.15) is 4.98 Å². The second kappa shape index (κ2) is 3.84. The van der Waals surface area contributed by atoms with Crippen LogP contribution in [0.15, 0.2) is 23.1 Å². The molecule has 0 bridgehead atoms. The number of hydrogen-bond donors (Lipinski definition) is 0. The Morgan fingerprint density at radius 3 is 2.59 bits per heavy atom. The van der Waals surface area contributed by atoms with E-state index >= 15 is 0 Å². The van der Waals surface area contributed by atoms with Crippen LogP contribution in [0.3, 0.4) is 0 Å². The number of hydrogen-bond acceptors (Lipinski definition) is 4. The van der Waals surface area contributed by atoms with Crippen molar-refractivity contribution in [2.45, 2.75) is 26.3 Å². The van der Waals surface area contributed by atoms with Crippen LogP contribution in [0.5, 0.6) is 5.88 Å². The standard InChI is InChI=1S/C12H15N3O2/c1-12(2,3)15-10(16)7-13-8-5-6-9(17-4)14-11(8)15/h5-7H,1-4H3. The highest BCUT2D eigenvalue weighted by molar-refractivity contribution is 5.70. The zero-order chi connectivity index (χ0) is 12.6. The molecule has 0 N–H and O–H groups in total.